The largest absolute Gasteiger partial charge is 0.368 e. The molecule has 0 aliphatic heterocycles. The first-order chi connectivity index (χ1) is 12.1. The molecule has 26 heavy (non-hydrogen) atoms. The van der Waals surface area contributed by atoms with E-state index < -0.39 is 11.8 Å². The number of nitrogens with one attached hydrogen (secondary N) is 1. The molecule has 0 spiro atoms. The van der Waals surface area contributed by atoms with Gasteiger partial charge in [-0.15, -0.1) is 0 Å². The number of nitrogens with two attached hydrogens (primary N) is 1. The molecule has 0 amide bonds. The normalized spacial score (nSPS) is 15.6. The van der Waals surface area contributed by atoms with Crippen LogP contribution in [0, 0.1) is 5.92 Å². The molecule has 2 atom stereocenters. The molecule has 0 aliphatic carbocycles. The number of halogens is 2. The zero-order valence-corrected chi connectivity index (χ0v) is 16.0. The Balaban J connectivity index is 2.27. The summed E-state index contributed by atoms with van der Waals surface area (Å²) in [5.41, 5.74) is 6.76. The lowest BCUT2D eigenvalue weighted by molar-refractivity contribution is -0.0373. The molecule has 0 radical (unpaired) electrons. The summed E-state index contributed by atoms with van der Waals surface area (Å²) < 4.78 is 27.1. The molecule has 0 bridgehead atoms. The Hall–Kier alpha value is -2.05. The highest BCUT2D eigenvalue weighted by molar-refractivity contribution is 5.86. The molecule has 0 fully saturated rings. The van der Waals surface area contributed by atoms with Gasteiger partial charge in [0.05, 0.1) is 5.52 Å². The summed E-state index contributed by atoms with van der Waals surface area (Å²) in [4.78, 5) is 12.9. The van der Waals surface area contributed by atoms with Crippen LogP contribution in [-0.2, 0) is 0 Å². The molecule has 144 valence electrons. The van der Waals surface area contributed by atoms with Gasteiger partial charge >= 0.3 is 0 Å². The number of fused-ring (bicyclic) bond motifs is 1. The van der Waals surface area contributed by atoms with Crippen LogP contribution in [0.1, 0.15) is 59.8 Å². The molecule has 0 saturated heterocycles. The first kappa shape index (κ1) is 20.3. The van der Waals surface area contributed by atoms with Gasteiger partial charge in [-0.2, -0.15) is 4.98 Å². The average molecular weight is 365 g/mol. The van der Waals surface area contributed by atoms with Crippen molar-refractivity contribution >= 4 is 22.8 Å². The molecule has 0 saturated carbocycles. The summed E-state index contributed by atoms with van der Waals surface area (Å²) in [5.74, 6) is -2.64. The maximum atomic E-state index is 13.6. The molecule has 2 heterocycles. The molecule has 0 aromatic carbocycles. The van der Waals surface area contributed by atoms with E-state index in [0.717, 1.165) is 26.2 Å². The van der Waals surface area contributed by atoms with Gasteiger partial charge in [0.25, 0.3) is 0 Å². The molecular weight excluding hydrogens is 336 g/mol. The van der Waals surface area contributed by atoms with Crippen molar-refractivity contribution in [2.45, 2.75) is 71.3 Å². The number of hydrogen-bond acceptors (Lipinski definition) is 5. The molecule has 7 heteroatoms. The van der Waals surface area contributed by atoms with Gasteiger partial charge in [0.1, 0.15) is 5.52 Å². The van der Waals surface area contributed by atoms with Gasteiger partial charge in [0, 0.05) is 17.7 Å². The quantitative estimate of drug-likeness (QED) is 0.651. The third-order valence-electron chi connectivity index (χ3n) is 4.97. The van der Waals surface area contributed by atoms with Gasteiger partial charge in [-0.25, -0.2) is 13.8 Å². The second-order valence-corrected chi connectivity index (χ2v) is 7.49. The molecule has 2 aromatic rings. The van der Waals surface area contributed by atoms with E-state index in [-0.39, 0.29) is 11.5 Å². The van der Waals surface area contributed by atoms with Crippen molar-refractivity contribution in [3.63, 3.8) is 0 Å². The van der Waals surface area contributed by atoms with Crippen LogP contribution in [0.15, 0.2) is 18.3 Å². The Morgan fingerprint density at radius 2 is 1.96 bits per heavy atom. The lowest BCUT2D eigenvalue weighted by Crippen LogP contribution is -2.37. The van der Waals surface area contributed by atoms with Crippen molar-refractivity contribution in [1.82, 2.24) is 15.0 Å². The third kappa shape index (κ3) is 5.22. The molecule has 3 N–H and O–H groups in total. The smallest absolute Gasteiger partial charge is 0.247 e. The standard InChI is InChI=1S/C19H29F2N5/c1-5-6-10-18(3,11-9-13(2)19(4,20)21)26-16-15-14(8-7-12-23-15)24-17(22)25-16/h7-8,12-13H,5-6,9-11H2,1-4H3,(H3,22,24,25,26)/t13-,18-/m1/s1. The molecule has 5 nitrogen and oxygen atoms in total. The van der Waals surface area contributed by atoms with E-state index in [2.05, 4.69) is 34.1 Å². The van der Waals surface area contributed by atoms with Gasteiger partial charge in [0.15, 0.2) is 5.82 Å². The van der Waals surface area contributed by atoms with E-state index in [9.17, 15) is 8.78 Å². The highest BCUT2D eigenvalue weighted by atomic mass is 19.3. The van der Waals surface area contributed by atoms with Crippen molar-refractivity contribution in [1.29, 1.82) is 0 Å². The summed E-state index contributed by atoms with van der Waals surface area (Å²) in [6, 6.07) is 3.62. The molecule has 2 aromatic heterocycles. The zero-order valence-electron chi connectivity index (χ0n) is 16.0. The third-order valence-corrected chi connectivity index (χ3v) is 4.97. The van der Waals surface area contributed by atoms with Crippen LogP contribution in [0.25, 0.3) is 11.0 Å². The predicted molar refractivity (Wildman–Crippen MR) is 102 cm³/mol. The summed E-state index contributed by atoms with van der Waals surface area (Å²) >= 11 is 0. The fourth-order valence-electron chi connectivity index (χ4n) is 2.96. The number of alkyl halides is 2. The van der Waals surface area contributed by atoms with Gasteiger partial charge in [-0.05, 0) is 45.2 Å². The summed E-state index contributed by atoms with van der Waals surface area (Å²) in [5, 5.41) is 3.44. The van der Waals surface area contributed by atoms with Crippen LogP contribution in [0.5, 0.6) is 0 Å². The van der Waals surface area contributed by atoms with E-state index in [1.54, 1.807) is 19.2 Å². The summed E-state index contributed by atoms with van der Waals surface area (Å²) in [6.45, 7) is 6.75. The Kier molecular flexibility index (Phi) is 6.31. The van der Waals surface area contributed by atoms with Crippen LogP contribution in [-0.4, -0.2) is 26.4 Å². The maximum Gasteiger partial charge on any atom is 0.247 e. The summed E-state index contributed by atoms with van der Waals surface area (Å²) in [6.07, 6.45) is 5.58. The van der Waals surface area contributed by atoms with Gasteiger partial charge in [0.2, 0.25) is 11.9 Å². The minimum absolute atomic E-state index is 0.166. The molecule has 0 unspecified atom stereocenters. The number of hydrogen-bond donors (Lipinski definition) is 2. The second-order valence-electron chi connectivity index (χ2n) is 7.49. The number of unbranched alkanes of at least 4 members (excludes halogenated alkanes) is 1. The minimum atomic E-state index is -2.68. The average Bonchev–Trinajstić information content (AvgIpc) is 2.57. The topological polar surface area (TPSA) is 76.7 Å². The maximum absolute atomic E-state index is 13.6. The lowest BCUT2D eigenvalue weighted by Gasteiger charge is -2.33. The number of rotatable bonds is 9. The van der Waals surface area contributed by atoms with Gasteiger partial charge < -0.3 is 11.1 Å². The van der Waals surface area contributed by atoms with Crippen LogP contribution in [0.2, 0.25) is 0 Å². The van der Waals surface area contributed by atoms with Crippen molar-refractivity contribution in [2.75, 3.05) is 11.1 Å². The fraction of sp³-hybridized carbons (Fsp3) is 0.632. The van der Waals surface area contributed by atoms with E-state index >= 15 is 0 Å². The van der Waals surface area contributed by atoms with Crippen LogP contribution < -0.4 is 11.1 Å². The van der Waals surface area contributed by atoms with Gasteiger partial charge in [-0.3, -0.25) is 4.98 Å². The number of nitrogens with zero attached hydrogens (tertiary/aromatic N) is 3. The summed E-state index contributed by atoms with van der Waals surface area (Å²) in [7, 11) is 0. The van der Waals surface area contributed by atoms with Gasteiger partial charge in [-0.1, -0.05) is 26.7 Å². The van der Waals surface area contributed by atoms with Crippen LogP contribution >= 0.6 is 0 Å². The van der Waals surface area contributed by atoms with Crippen molar-refractivity contribution in [3.05, 3.63) is 18.3 Å². The lowest BCUT2D eigenvalue weighted by atomic mass is 9.85. The predicted octanol–water partition coefficient (Wildman–Crippen LogP) is 5.04. The minimum Gasteiger partial charge on any atom is -0.368 e. The van der Waals surface area contributed by atoms with Crippen molar-refractivity contribution in [3.8, 4) is 0 Å². The number of aromatic nitrogens is 3. The number of anilines is 2. The monoisotopic (exact) mass is 365 g/mol. The first-order valence-corrected chi connectivity index (χ1v) is 9.19. The molecular formula is C19H29F2N5. The Labute approximate surface area is 153 Å². The van der Waals surface area contributed by atoms with E-state index in [1.165, 1.54) is 0 Å². The number of nitrogen functional groups attached to an aromatic ring is 1. The Bertz CT molecular complexity index is 731. The van der Waals surface area contributed by atoms with E-state index in [0.29, 0.717) is 29.7 Å². The first-order valence-electron chi connectivity index (χ1n) is 9.19. The highest BCUT2D eigenvalue weighted by Gasteiger charge is 2.33. The SMILES string of the molecule is CCCC[C@](C)(CC[C@@H](C)C(C)(F)F)Nc1nc(N)nc2cccnc12. The second kappa shape index (κ2) is 8.10. The molecule has 2 rings (SSSR count). The highest BCUT2D eigenvalue weighted by Crippen LogP contribution is 2.33. The zero-order chi connectivity index (χ0) is 19.4. The Morgan fingerprint density at radius 1 is 1.23 bits per heavy atom. The molecule has 0 aliphatic rings. The Morgan fingerprint density at radius 3 is 2.62 bits per heavy atom. The van der Waals surface area contributed by atoms with Crippen LogP contribution in [0.3, 0.4) is 0 Å². The number of pyridine rings is 1. The van der Waals surface area contributed by atoms with Crippen molar-refractivity contribution in [2.24, 2.45) is 5.92 Å². The van der Waals surface area contributed by atoms with E-state index in [4.69, 9.17) is 5.73 Å². The fourth-order valence-corrected chi connectivity index (χ4v) is 2.96. The van der Waals surface area contributed by atoms with Crippen LogP contribution in [0.4, 0.5) is 20.5 Å². The van der Waals surface area contributed by atoms with E-state index in [1.807, 2.05) is 6.07 Å². The van der Waals surface area contributed by atoms with Crippen molar-refractivity contribution < 1.29 is 8.78 Å².